The molecule has 0 bridgehead atoms. The summed E-state index contributed by atoms with van der Waals surface area (Å²) in [6, 6.07) is 10.7. The van der Waals surface area contributed by atoms with E-state index in [1.807, 2.05) is 6.07 Å². The molecule has 0 atom stereocenters. The van der Waals surface area contributed by atoms with E-state index in [1.165, 1.54) is 11.1 Å². The fourth-order valence-electron chi connectivity index (χ4n) is 3.00. The second kappa shape index (κ2) is 6.79. The van der Waals surface area contributed by atoms with E-state index in [9.17, 15) is 4.79 Å². The van der Waals surface area contributed by atoms with Crippen molar-refractivity contribution in [2.45, 2.75) is 32.4 Å². The monoisotopic (exact) mass is 297 g/mol. The van der Waals surface area contributed by atoms with E-state index in [4.69, 9.17) is 0 Å². The summed E-state index contributed by atoms with van der Waals surface area (Å²) in [4.78, 5) is 17.4. The predicted molar refractivity (Wildman–Crippen MR) is 87.7 cm³/mol. The van der Waals surface area contributed by atoms with Crippen molar-refractivity contribution in [3.63, 3.8) is 0 Å². The maximum absolute atomic E-state index is 12.0. The summed E-state index contributed by atoms with van der Waals surface area (Å²) >= 11 is 0. The van der Waals surface area contributed by atoms with E-state index < -0.39 is 0 Å². The number of carbonyl (C=O) groups excluding carboxylic acids is 1. The minimum atomic E-state index is 0.0265. The molecular formula is C18H23N3O. The zero-order valence-corrected chi connectivity index (χ0v) is 13.0. The number of nitrogens with one attached hydrogen (secondary N) is 2. The summed E-state index contributed by atoms with van der Waals surface area (Å²) in [5.41, 5.74) is 3.46. The number of nitrogens with zero attached hydrogens (tertiary/aromatic N) is 1. The number of aromatic nitrogens is 1. The molecule has 0 radical (unpaired) electrons. The van der Waals surface area contributed by atoms with Crippen LogP contribution in [-0.4, -0.2) is 34.9 Å². The molecule has 0 spiro atoms. The van der Waals surface area contributed by atoms with E-state index in [2.05, 4.69) is 46.4 Å². The zero-order valence-electron chi connectivity index (χ0n) is 13.0. The van der Waals surface area contributed by atoms with Gasteiger partial charge < -0.3 is 10.3 Å². The molecule has 2 aromatic rings. The second-order valence-electron chi connectivity index (χ2n) is 6.05. The first-order chi connectivity index (χ1) is 10.7. The molecule has 4 heteroatoms. The Labute approximate surface area is 131 Å². The van der Waals surface area contributed by atoms with Gasteiger partial charge in [0.1, 0.15) is 0 Å². The summed E-state index contributed by atoms with van der Waals surface area (Å²) in [7, 11) is 0. The lowest BCUT2D eigenvalue weighted by atomic mass is 10.0. The zero-order chi connectivity index (χ0) is 15.4. The summed E-state index contributed by atoms with van der Waals surface area (Å²) in [5.74, 6) is 0.0265. The molecule has 1 aliphatic heterocycles. The average molecular weight is 297 g/mol. The molecule has 22 heavy (non-hydrogen) atoms. The minimum absolute atomic E-state index is 0.0265. The number of likely N-dealkylation sites (tertiary alicyclic amines) is 1. The lowest BCUT2D eigenvalue weighted by Gasteiger charge is -2.32. The number of piperidine rings is 1. The van der Waals surface area contributed by atoms with E-state index >= 15 is 0 Å². The molecular weight excluding hydrogens is 274 g/mol. The predicted octanol–water partition coefficient (Wildman–Crippen LogP) is 2.72. The Balaban J connectivity index is 1.48. The summed E-state index contributed by atoms with van der Waals surface area (Å²) in [6.45, 7) is 5.24. The van der Waals surface area contributed by atoms with Gasteiger partial charge in [0.15, 0.2) is 0 Å². The number of carbonyl (C=O) groups is 1. The highest BCUT2D eigenvalue weighted by molar-refractivity contribution is 5.94. The van der Waals surface area contributed by atoms with Crippen LogP contribution in [0.15, 0.2) is 42.7 Å². The number of amides is 1. The third-order valence-electron chi connectivity index (χ3n) is 4.44. The van der Waals surface area contributed by atoms with Crippen LogP contribution in [-0.2, 0) is 6.54 Å². The van der Waals surface area contributed by atoms with Crippen molar-refractivity contribution < 1.29 is 4.79 Å². The van der Waals surface area contributed by atoms with Crippen LogP contribution in [0.25, 0.3) is 0 Å². The van der Waals surface area contributed by atoms with Crippen molar-refractivity contribution in [2.24, 2.45) is 0 Å². The first-order valence-corrected chi connectivity index (χ1v) is 7.93. The van der Waals surface area contributed by atoms with Crippen LogP contribution >= 0.6 is 0 Å². The van der Waals surface area contributed by atoms with E-state index in [1.54, 1.807) is 12.4 Å². The van der Waals surface area contributed by atoms with Gasteiger partial charge in [-0.2, -0.15) is 0 Å². The standard InChI is InChI=1S/C18H23N3O/c1-14-4-2-3-5-16(14)13-21-10-7-17(8-11-21)20-18(22)15-6-9-19-12-15/h2-6,9,12,17,19H,7-8,10-11,13H2,1H3,(H,20,22). The molecule has 1 saturated heterocycles. The first kappa shape index (κ1) is 14.9. The van der Waals surface area contributed by atoms with Gasteiger partial charge in [0.25, 0.3) is 5.91 Å². The Morgan fingerprint density at radius 2 is 2.05 bits per heavy atom. The van der Waals surface area contributed by atoms with Crippen LogP contribution in [0.5, 0.6) is 0 Å². The molecule has 116 valence electrons. The van der Waals surface area contributed by atoms with Gasteiger partial charge in [-0.05, 0) is 37.0 Å². The van der Waals surface area contributed by atoms with Crippen molar-refractivity contribution in [1.82, 2.24) is 15.2 Å². The quantitative estimate of drug-likeness (QED) is 0.911. The smallest absolute Gasteiger partial charge is 0.253 e. The Morgan fingerprint density at radius 1 is 1.27 bits per heavy atom. The highest BCUT2D eigenvalue weighted by Gasteiger charge is 2.21. The molecule has 0 saturated carbocycles. The van der Waals surface area contributed by atoms with Crippen LogP contribution in [0.2, 0.25) is 0 Å². The van der Waals surface area contributed by atoms with Gasteiger partial charge >= 0.3 is 0 Å². The highest BCUT2D eigenvalue weighted by Crippen LogP contribution is 2.16. The second-order valence-corrected chi connectivity index (χ2v) is 6.05. The molecule has 4 nitrogen and oxygen atoms in total. The van der Waals surface area contributed by atoms with Crippen LogP contribution < -0.4 is 5.32 Å². The Morgan fingerprint density at radius 3 is 2.73 bits per heavy atom. The first-order valence-electron chi connectivity index (χ1n) is 7.93. The molecule has 1 fully saturated rings. The molecule has 3 rings (SSSR count). The number of rotatable bonds is 4. The Hall–Kier alpha value is -2.07. The third-order valence-corrected chi connectivity index (χ3v) is 4.44. The number of hydrogen-bond donors (Lipinski definition) is 2. The van der Waals surface area contributed by atoms with E-state index in [-0.39, 0.29) is 11.9 Å². The molecule has 0 aliphatic carbocycles. The average Bonchev–Trinajstić information content (AvgIpc) is 3.06. The maximum Gasteiger partial charge on any atom is 0.253 e. The van der Waals surface area contributed by atoms with Crippen LogP contribution in [0, 0.1) is 6.92 Å². The SMILES string of the molecule is Cc1ccccc1CN1CCC(NC(=O)c2cc[nH]c2)CC1. The fourth-order valence-corrected chi connectivity index (χ4v) is 3.00. The van der Waals surface area contributed by atoms with Gasteiger partial charge in [-0.1, -0.05) is 24.3 Å². The number of benzene rings is 1. The van der Waals surface area contributed by atoms with Crippen molar-refractivity contribution in [3.8, 4) is 0 Å². The van der Waals surface area contributed by atoms with Gasteiger partial charge in [-0.15, -0.1) is 0 Å². The number of aromatic amines is 1. The molecule has 0 unspecified atom stereocenters. The van der Waals surface area contributed by atoms with Crippen molar-refractivity contribution in [2.75, 3.05) is 13.1 Å². The molecule has 1 amide bonds. The normalized spacial score (nSPS) is 16.6. The van der Waals surface area contributed by atoms with Crippen LogP contribution in [0.1, 0.15) is 34.3 Å². The molecule has 1 aromatic heterocycles. The van der Waals surface area contributed by atoms with Gasteiger partial charge in [0.2, 0.25) is 0 Å². The number of hydrogen-bond acceptors (Lipinski definition) is 2. The Kier molecular flexibility index (Phi) is 4.59. The van der Waals surface area contributed by atoms with Crippen molar-refractivity contribution >= 4 is 5.91 Å². The lowest BCUT2D eigenvalue weighted by molar-refractivity contribution is 0.0909. The van der Waals surface area contributed by atoms with E-state index in [0.717, 1.165) is 32.5 Å². The lowest BCUT2D eigenvalue weighted by Crippen LogP contribution is -2.44. The third kappa shape index (κ3) is 3.57. The molecule has 1 aromatic carbocycles. The van der Waals surface area contributed by atoms with Crippen LogP contribution in [0.3, 0.4) is 0 Å². The molecule has 2 heterocycles. The number of aryl methyl sites for hydroxylation is 1. The molecule has 2 N–H and O–H groups in total. The summed E-state index contributed by atoms with van der Waals surface area (Å²) in [6.07, 6.45) is 5.55. The largest absolute Gasteiger partial charge is 0.367 e. The van der Waals surface area contributed by atoms with Crippen LogP contribution in [0.4, 0.5) is 0 Å². The van der Waals surface area contributed by atoms with Gasteiger partial charge in [-0.25, -0.2) is 0 Å². The fraction of sp³-hybridized carbons (Fsp3) is 0.389. The number of H-pyrrole nitrogens is 1. The maximum atomic E-state index is 12.0. The van der Waals surface area contributed by atoms with Gasteiger partial charge in [0.05, 0.1) is 5.56 Å². The summed E-state index contributed by atoms with van der Waals surface area (Å²) < 4.78 is 0. The Bertz CT molecular complexity index is 613. The van der Waals surface area contributed by atoms with Crippen molar-refractivity contribution in [3.05, 3.63) is 59.4 Å². The molecule has 1 aliphatic rings. The highest BCUT2D eigenvalue weighted by atomic mass is 16.1. The summed E-state index contributed by atoms with van der Waals surface area (Å²) in [5, 5.41) is 3.13. The topological polar surface area (TPSA) is 48.1 Å². The van der Waals surface area contributed by atoms with E-state index in [0.29, 0.717) is 5.56 Å². The van der Waals surface area contributed by atoms with Crippen molar-refractivity contribution in [1.29, 1.82) is 0 Å². The minimum Gasteiger partial charge on any atom is -0.367 e. The van der Waals surface area contributed by atoms with Gasteiger partial charge in [-0.3, -0.25) is 9.69 Å². The van der Waals surface area contributed by atoms with Gasteiger partial charge in [0, 0.05) is 38.1 Å².